The van der Waals surface area contributed by atoms with E-state index in [1.54, 1.807) is 7.11 Å². The number of rotatable bonds is 4. The minimum absolute atomic E-state index is 0.0135. The normalized spacial score (nSPS) is 26.7. The number of hydrogen-bond acceptors (Lipinski definition) is 8. The van der Waals surface area contributed by atoms with Crippen LogP contribution in [0, 0.1) is 5.82 Å². The van der Waals surface area contributed by atoms with Gasteiger partial charge in [0.25, 0.3) is 0 Å². The molecule has 2 aromatic rings. The van der Waals surface area contributed by atoms with Crippen molar-refractivity contribution in [2.45, 2.75) is 43.4 Å². The molecule has 4 heterocycles. The number of benzene rings is 1. The zero-order valence-corrected chi connectivity index (χ0v) is 18.2. The number of halogens is 4. The second kappa shape index (κ2) is 8.59. The first-order valence-corrected chi connectivity index (χ1v) is 10.8. The Morgan fingerprint density at radius 2 is 2.03 bits per heavy atom. The minimum Gasteiger partial charge on any atom is -0.507 e. The first-order chi connectivity index (χ1) is 16.2. The second-order valence-electron chi connectivity index (χ2n) is 8.57. The Labute approximate surface area is 192 Å². The maximum Gasteiger partial charge on any atom is 0.416 e. The summed E-state index contributed by atoms with van der Waals surface area (Å²) in [5.74, 6) is -1.73. The molecule has 184 valence electrons. The predicted octanol–water partition coefficient (Wildman–Crippen LogP) is 3.37. The third-order valence-electron chi connectivity index (χ3n) is 6.57. The molecule has 34 heavy (non-hydrogen) atoms. The van der Waals surface area contributed by atoms with E-state index in [0.717, 1.165) is 0 Å². The van der Waals surface area contributed by atoms with Gasteiger partial charge in [-0.05, 0) is 18.6 Å². The van der Waals surface area contributed by atoms with Gasteiger partial charge in [-0.25, -0.2) is 4.39 Å². The van der Waals surface area contributed by atoms with Gasteiger partial charge in [0.05, 0.1) is 37.0 Å². The summed E-state index contributed by atoms with van der Waals surface area (Å²) in [7, 11) is 1.58. The number of methoxy groups -OCH3 is 1. The summed E-state index contributed by atoms with van der Waals surface area (Å²) < 4.78 is 76.8. The third kappa shape index (κ3) is 3.88. The second-order valence-corrected chi connectivity index (χ2v) is 8.57. The molecular weight excluding hydrogens is 462 g/mol. The number of phenols is 1. The standard InChI is InChI=1S/C22H23F4N3O5/c1-31-16-9-32-4-2-14(16)27-20-18-12(8-34-21(18)3-5-33-10-21)19(28-29-20)17-13(23)6-11(7-15(17)30)22(24,25)26/h6-7,14,16,30H,2-5,8-10H2,1H3,(H,27,29)/t14-,16-,21+/m1/s1. The molecule has 0 radical (unpaired) electrons. The number of ether oxygens (including phenoxy) is 4. The summed E-state index contributed by atoms with van der Waals surface area (Å²) >= 11 is 0. The van der Waals surface area contributed by atoms with E-state index in [9.17, 15) is 22.7 Å². The van der Waals surface area contributed by atoms with Crippen LogP contribution in [0.3, 0.4) is 0 Å². The van der Waals surface area contributed by atoms with Crippen LogP contribution in [0.4, 0.5) is 23.4 Å². The lowest BCUT2D eigenvalue weighted by Gasteiger charge is -2.33. The van der Waals surface area contributed by atoms with Crippen LogP contribution in [0.1, 0.15) is 29.5 Å². The molecule has 5 rings (SSSR count). The van der Waals surface area contributed by atoms with Gasteiger partial charge in [-0.15, -0.1) is 10.2 Å². The van der Waals surface area contributed by atoms with Crippen LogP contribution in [-0.4, -0.2) is 61.0 Å². The number of aromatic hydroxyl groups is 1. The van der Waals surface area contributed by atoms with Crippen molar-refractivity contribution in [1.82, 2.24) is 10.2 Å². The number of nitrogens with one attached hydrogen (secondary N) is 1. The van der Waals surface area contributed by atoms with Crippen LogP contribution < -0.4 is 5.32 Å². The Balaban J connectivity index is 1.62. The van der Waals surface area contributed by atoms with Crippen LogP contribution in [0.25, 0.3) is 11.3 Å². The molecule has 0 aliphatic carbocycles. The average molecular weight is 485 g/mol. The first kappa shape index (κ1) is 23.2. The van der Waals surface area contributed by atoms with Gasteiger partial charge in [-0.3, -0.25) is 0 Å². The lowest BCUT2D eigenvalue weighted by molar-refractivity contribution is -0.137. The Morgan fingerprint density at radius 3 is 2.71 bits per heavy atom. The van der Waals surface area contributed by atoms with Crippen molar-refractivity contribution in [2.24, 2.45) is 0 Å². The monoisotopic (exact) mass is 485 g/mol. The molecule has 0 saturated carbocycles. The highest BCUT2D eigenvalue weighted by molar-refractivity contribution is 5.74. The molecule has 8 nitrogen and oxygen atoms in total. The number of nitrogens with zero attached hydrogens (tertiary/aromatic N) is 2. The van der Waals surface area contributed by atoms with Crippen molar-refractivity contribution in [3.63, 3.8) is 0 Å². The Bertz CT molecular complexity index is 1070. The smallest absolute Gasteiger partial charge is 0.416 e. The van der Waals surface area contributed by atoms with Crippen molar-refractivity contribution in [2.75, 3.05) is 38.9 Å². The molecular formula is C22H23F4N3O5. The van der Waals surface area contributed by atoms with E-state index < -0.39 is 34.5 Å². The minimum atomic E-state index is -4.81. The van der Waals surface area contributed by atoms with E-state index in [1.807, 2.05) is 0 Å². The molecule has 0 unspecified atom stereocenters. The maximum atomic E-state index is 14.9. The van der Waals surface area contributed by atoms with Crippen LogP contribution in [0.5, 0.6) is 5.75 Å². The SMILES string of the molecule is CO[C@@H]1COCC[C@H]1Nc1nnc(-c2c(O)cc(C(F)(F)F)cc2F)c2c1[C@@]1(CCOC1)OC2. The topological polar surface area (TPSA) is 95.0 Å². The summed E-state index contributed by atoms with van der Waals surface area (Å²) in [6, 6.07) is 0.679. The fraction of sp³-hybridized carbons (Fsp3) is 0.545. The van der Waals surface area contributed by atoms with Gasteiger partial charge in [-0.2, -0.15) is 13.2 Å². The molecule has 3 aliphatic rings. The van der Waals surface area contributed by atoms with Crippen molar-refractivity contribution in [3.05, 3.63) is 34.6 Å². The summed E-state index contributed by atoms with van der Waals surface area (Å²) in [5.41, 5.74) is -1.62. The van der Waals surface area contributed by atoms with Crippen molar-refractivity contribution in [3.8, 4) is 17.0 Å². The van der Waals surface area contributed by atoms with E-state index in [-0.39, 0.29) is 31.1 Å². The van der Waals surface area contributed by atoms with E-state index in [0.29, 0.717) is 61.7 Å². The molecule has 3 atom stereocenters. The van der Waals surface area contributed by atoms with E-state index in [4.69, 9.17) is 18.9 Å². The summed E-state index contributed by atoms with van der Waals surface area (Å²) in [6.07, 6.45) is -3.88. The first-order valence-electron chi connectivity index (χ1n) is 10.8. The molecule has 0 bridgehead atoms. The number of hydrogen-bond donors (Lipinski definition) is 2. The molecule has 2 fully saturated rings. The third-order valence-corrected chi connectivity index (χ3v) is 6.57. The van der Waals surface area contributed by atoms with E-state index in [1.165, 1.54) is 0 Å². The predicted molar refractivity (Wildman–Crippen MR) is 110 cm³/mol. The summed E-state index contributed by atoms with van der Waals surface area (Å²) in [6.45, 7) is 1.62. The lowest BCUT2D eigenvalue weighted by Crippen LogP contribution is -2.44. The fourth-order valence-electron chi connectivity index (χ4n) is 4.82. The van der Waals surface area contributed by atoms with E-state index in [2.05, 4.69) is 15.5 Å². The van der Waals surface area contributed by atoms with Gasteiger partial charge in [0.15, 0.2) is 5.82 Å². The average Bonchev–Trinajstić information content (AvgIpc) is 3.42. The van der Waals surface area contributed by atoms with Gasteiger partial charge in [-0.1, -0.05) is 0 Å². The number of alkyl halides is 3. The van der Waals surface area contributed by atoms with Gasteiger partial charge in [0, 0.05) is 37.9 Å². The fourth-order valence-corrected chi connectivity index (χ4v) is 4.82. The number of fused-ring (bicyclic) bond motifs is 2. The number of phenolic OH excluding ortho intramolecular Hbond substituents is 1. The quantitative estimate of drug-likeness (QED) is 0.637. The molecule has 3 aliphatic heterocycles. The van der Waals surface area contributed by atoms with Gasteiger partial charge >= 0.3 is 6.18 Å². The van der Waals surface area contributed by atoms with Crippen LogP contribution in [0.2, 0.25) is 0 Å². The van der Waals surface area contributed by atoms with Gasteiger partial charge in [0.1, 0.15) is 29.0 Å². The maximum absolute atomic E-state index is 14.9. The summed E-state index contributed by atoms with van der Waals surface area (Å²) in [5, 5.41) is 22.1. The molecule has 2 saturated heterocycles. The molecule has 0 amide bonds. The van der Waals surface area contributed by atoms with Crippen molar-refractivity contribution in [1.29, 1.82) is 0 Å². The van der Waals surface area contributed by atoms with E-state index >= 15 is 0 Å². The zero-order chi connectivity index (χ0) is 24.1. The van der Waals surface area contributed by atoms with Crippen molar-refractivity contribution < 1.29 is 41.6 Å². The molecule has 1 aromatic heterocycles. The highest BCUT2D eigenvalue weighted by atomic mass is 19.4. The van der Waals surface area contributed by atoms with Gasteiger partial charge in [0.2, 0.25) is 0 Å². The molecule has 2 N–H and O–H groups in total. The Hall–Kier alpha value is -2.54. The van der Waals surface area contributed by atoms with Crippen LogP contribution in [0.15, 0.2) is 12.1 Å². The van der Waals surface area contributed by atoms with Crippen LogP contribution >= 0.6 is 0 Å². The zero-order valence-electron chi connectivity index (χ0n) is 18.2. The lowest BCUT2D eigenvalue weighted by atomic mass is 9.89. The molecule has 1 aromatic carbocycles. The number of aromatic nitrogens is 2. The highest BCUT2D eigenvalue weighted by Gasteiger charge is 2.48. The Morgan fingerprint density at radius 1 is 1.21 bits per heavy atom. The largest absolute Gasteiger partial charge is 0.507 e. The number of anilines is 1. The molecule has 12 heteroatoms. The molecule has 1 spiro atoms. The van der Waals surface area contributed by atoms with Crippen molar-refractivity contribution >= 4 is 5.82 Å². The summed E-state index contributed by atoms with van der Waals surface area (Å²) in [4.78, 5) is 0. The van der Waals surface area contributed by atoms with Crippen LogP contribution in [-0.2, 0) is 37.3 Å². The van der Waals surface area contributed by atoms with Gasteiger partial charge < -0.3 is 29.4 Å². The highest BCUT2D eigenvalue weighted by Crippen LogP contribution is 2.49. The Kier molecular flexibility index (Phi) is 5.87.